The van der Waals surface area contributed by atoms with Crippen molar-refractivity contribution in [2.75, 3.05) is 9.80 Å². The van der Waals surface area contributed by atoms with Crippen LogP contribution in [0, 0.1) is 13.8 Å². The van der Waals surface area contributed by atoms with E-state index in [4.69, 9.17) is 4.42 Å². The summed E-state index contributed by atoms with van der Waals surface area (Å²) >= 11 is 0. The van der Waals surface area contributed by atoms with E-state index in [9.17, 15) is 0 Å². The van der Waals surface area contributed by atoms with Gasteiger partial charge in [-0.2, -0.15) is 0 Å². The number of hydrogen-bond donors (Lipinski definition) is 0. The molecule has 4 heteroatoms. The third-order valence-corrected chi connectivity index (χ3v) is 6.87. The van der Waals surface area contributed by atoms with E-state index < -0.39 is 0 Å². The summed E-state index contributed by atoms with van der Waals surface area (Å²) in [6.07, 6.45) is 4.54. The van der Waals surface area contributed by atoms with Crippen LogP contribution in [0.5, 0.6) is 0 Å². The van der Waals surface area contributed by atoms with Gasteiger partial charge in [-0.25, -0.2) is 4.98 Å². The fourth-order valence-electron chi connectivity index (χ4n) is 5.08. The first-order valence-corrected chi connectivity index (χ1v) is 11.9. The average molecular weight is 440 g/mol. The largest absolute Gasteiger partial charge is 0.435 e. The quantitative estimate of drug-likeness (QED) is 0.322. The molecular weight excluding hydrogens is 406 g/mol. The monoisotopic (exact) mass is 439 g/mol. The predicted octanol–water partition coefficient (Wildman–Crippen LogP) is 7.99. The highest BCUT2D eigenvalue weighted by atomic mass is 16.3. The van der Waals surface area contributed by atoms with Crippen LogP contribution in [0.3, 0.4) is 0 Å². The van der Waals surface area contributed by atoms with E-state index in [0.29, 0.717) is 17.5 Å². The Bertz CT molecular complexity index is 1350. The highest BCUT2D eigenvalue weighted by Crippen LogP contribution is 2.43. The lowest BCUT2D eigenvalue weighted by atomic mass is 9.92. The number of rotatable bonds is 4. The Hall–Kier alpha value is -3.27. The SMILES string of the molecule is Cc1ccc2c(n1)oc1c(N3C=CN(c4c(C(C)C)cccc4C(C)C)[C@@H]3C)c(C)ccc12. The van der Waals surface area contributed by atoms with Crippen molar-refractivity contribution < 1.29 is 4.42 Å². The second kappa shape index (κ2) is 7.95. The van der Waals surface area contributed by atoms with Crippen molar-refractivity contribution in [3.8, 4) is 0 Å². The maximum Gasteiger partial charge on any atom is 0.227 e. The smallest absolute Gasteiger partial charge is 0.227 e. The van der Waals surface area contributed by atoms with Gasteiger partial charge in [0.2, 0.25) is 5.71 Å². The fraction of sp³-hybridized carbons (Fsp3) is 0.345. The van der Waals surface area contributed by atoms with Crippen LogP contribution in [0.15, 0.2) is 59.3 Å². The topological polar surface area (TPSA) is 32.5 Å². The molecule has 0 saturated carbocycles. The van der Waals surface area contributed by atoms with E-state index >= 15 is 0 Å². The van der Waals surface area contributed by atoms with Crippen molar-refractivity contribution >= 4 is 33.4 Å². The standard InChI is InChI=1S/C29H33N3O/c1-17(2)22-9-8-10-23(18(3)4)27(22)32-16-15-31(21(32)7)26-19(5)11-13-24-25-14-12-20(6)30-29(25)33-28(24)26/h8-18,21H,1-7H3/t21-/m1/s1. The van der Waals surface area contributed by atoms with Crippen molar-refractivity contribution in [3.05, 3.63) is 77.2 Å². The summed E-state index contributed by atoms with van der Waals surface area (Å²) < 4.78 is 6.37. The lowest BCUT2D eigenvalue weighted by Crippen LogP contribution is -2.37. The number of nitrogens with zero attached hydrogens (tertiary/aromatic N) is 3. The number of aromatic nitrogens is 1. The van der Waals surface area contributed by atoms with E-state index in [-0.39, 0.29) is 6.17 Å². The number of para-hydroxylation sites is 1. The summed E-state index contributed by atoms with van der Waals surface area (Å²) in [7, 11) is 0. The highest BCUT2D eigenvalue weighted by molar-refractivity contribution is 6.08. The Morgan fingerprint density at radius 1 is 0.788 bits per heavy atom. The summed E-state index contributed by atoms with van der Waals surface area (Å²) in [6, 6.07) is 15.3. The molecule has 0 aliphatic carbocycles. The lowest BCUT2D eigenvalue weighted by molar-refractivity contribution is 0.647. The average Bonchev–Trinajstić information content (AvgIpc) is 3.32. The summed E-state index contributed by atoms with van der Waals surface area (Å²) in [5, 5.41) is 2.18. The van der Waals surface area contributed by atoms with Crippen LogP contribution >= 0.6 is 0 Å². The van der Waals surface area contributed by atoms with Crippen LogP contribution in [0.2, 0.25) is 0 Å². The number of anilines is 2. The van der Waals surface area contributed by atoms with Crippen molar-refractivity contribution in [1.82, 2.24) is 4.98 Å². The van der Waals surface area contributed by atoms with Crippen LogP contribution < -0.4 is 9.80 Å². The molecule has 33 heavy (non-hydrogen) atoms. The summed E-state index contributed by atoms with van der Waals surface area (Å²) in [6.45, 7) is 15.5. The number of furan rings is 1. The van der Waals surface area contributed by atoms with Gasteiger partial charge in [0.25, 0.3) is 0 Å². The summed E-state index contributed by atoms with van der Waals surface area (Å²) in [5.74, 6) is 0.895. The molecule has 0 N–H and O–H groups in total. The Morgan fingerprint density at radius 2 is 1.39 bits per heavy atom. The molecule has 1 atom stereocenters. The van der Waals surface area contributed by atoms with Gasteiger partial charge in [0.15, 0.2) is 5.58 Å². The van der Waals surface area contributed by atoms with E-state index in [1.165, 1.54) is 22.4 Å². The van der Waals surface area contributed by atoms with Gasteiger partial charge < -0.3 is 14.2 Å². The fourth-order valence-corrected chi connectivity index (χ4v) is 5.08. The van der Waals surface area contributed by atoms with Crippen molar-refractivity contribution in [2.24, 2.45) is 0 Å². The zero-order valence-electron chi connectivity index (χ0n) is 20.7. The molecule has 3 heterocycles. The number of benzene rings is 2. The van der Waals surface area contributed by atoms with Gasteiger partial charge in [-0.15, -0.1) is 0 Å². The zero-order chi connectivity index (χ0) is 23.4. The van der Waals surface area contributed by atoms with Gasteiger partial charge in [0.1, 0.15) is 6.17 Å². The van der Waals surface area contributed by atoms with E-state index in [0.717, 1.165) is 27.7 Å². The third-order valence-electron chi connectivity index (χ3n) is 6.87. The van der Waals surface area contributed by atoms with Crippen LogP contribution in [-0.4, -0.2) is 11.1 Å². The molecule has 1 aliphatic heterocycles. The summed E-state index contributed by atoms with van der Waals surface area (Å²) in [4.78, 5) is 9.41. The Kier molecular flexibility index (Phi) is 5.19. The number of hydrogen-bond acceptors (Lipinski definition) is 4. The van der Waals surface area contributed by atoms with Crippen LogP contribution in [0.25, 0.3) is 22.1 Å². The molecule has 0 radical (unpaired) electrons. The molecule has 0 amide bonds. The Labute approximate surface area is 196 Å². The molecule has 0 fully saturated rings. The Balaban J connectivity index is 1.65. The van der Waals surface area contributed by atoms with Crippen molar-refractivity contribution in [1.29, 1.82) is 0 Å². The molecule has 0 spiro atoms. The molecule has 1 aliphatic rings. The zero-order valence-corrected chi connectivity index (χ0v) is 20.7. The molecule has 170 valence electrons. The molecule has 0 saturated heterocycles. The molecule has 2 aromatic heterocycles. The van der Waals surface area contributed by atoms with Crippen LogP contribution in [0.4, 0.5) is 11.4 Å². The second-order valence-electron chi connectivity index (χ2n) is 9.85. The van der Waals surface area contributed by atoms with Gasteiger partial charge in [-0.3, -0.25) is 0 Å². The van der Waals surface area contributed by atoms with Gasteiger partial charge in [0, 0.05) is 34.6 Å². The van der Waals surface area contributed by atoms with Gasteiger partial charge >= 0.3 is 0 Å². The first-order chi connectivity index (χ1) is 15.8. The molecular formula is C29H33N3O. The van der Waals surface area contributed by atoms with Crippen molar-refractivity contribution in [3.63, 3.8) is 0 Å². The molecule has 4 aromatic rings. The van der Waals surface area contributed by atoms with E-state index in [1.54, 1.807) is 0 Å². The Morgan fingerprint density at radius 3 is 2.03 bits per heavy atom. The number of aryl methyl sites for hydroxylation is 2. The van der Waals surface area contributed by atoms with Crippen LogP contribution in [0.1, 0.15) is 68.8 Å². The number of pyridine rings is 1. The van der Waals surface area contributed by atoms with Crippen molar-refractivity contribution in [2.45, 2.75) is 66.5 Å². The highest BCUT2D eigenvalue weighted by Gasteiger charge is 2.31. The lowest BCUT2D eigenvalue weighted by Gasteiger charge is -2.34. The first kappa shape index (κ1) is 21.6. The minimum absolute atomic E-state index is 0.120. The minimum Gasteiger partial charge on any atom is -0.435 e. The maximum atomic E-state index is 6.37. The van der Waals surface area contributed by atoms with E-state index in [2.05, 4.69) is 105 Å². The molecule has 0 bridgehead atoms. The van der Waals surface area contributed by atoms with Gasteiger partial charge in [-0.05, 0) is 61.4 Å². The normalized spacial score (nSPS) is 16.3. The predicted molar refractivity (Wildman–Crippen MR) is 139 cm³/mol. The minimum atomic E-state index is 0.120. The molecule has 0 unspecified atom stereocenters. The molecule has 2 aromatic carbocycles. The summed E-state index contributed by atoms with van der Waals surface area (Å²) in [5.41, 5.74) is 8.99. The van der Waals surface area contributed by atoms with Gasteiger partial charge in [0.05, 0.1) is 5.69 Å². The van der Waals surface area contributed by atoms with E-state index in [1.807, 2.05) is 13.0 Å². The third kappa shape index (κ3) is 3.40. The number of fused-ring (bicyclic) bond motifs is 3. The van der Waals surface area contributed by atoms with Crippen LogP contribution in [-0.2, 0) is 0 Å². The van der Waals surface area contributed by atoms with Gasteiger partial charge in [-0.1, -0.05) is 58.0 Å². The molecule has 5 rings (SSSR count). The maximum absolute atomic E-state index is 6.37. The molecule has 4 nitrogen and oxygen atoms in total. The first-order valence-electron chi connectivity index (χ1n) is 11.9. The second-order valence-corrected chi connectivity index (χ2v) is 9.85.